The third-order valence-electron chi connectivity index (χ3n) is 5.53. The van der Waals surface area contributed by atoms with E-state index in [1.807, 2.05) is 48.7 Å². The Morgan fingerprint density at radius 3 is 2.78 bits per heavy atom. The van der Waals surface area contributed by atoms with Crippen LogP contribution in [-0.4, -0.2) is 36.9 Å². The van der Waals surface area contributed by atoms with Gasteiger partial charge in [-0.1, -0.05) is 29.4 Å². The van der Waals surface area contributed by atoms with Crippen LogP contribution in [0.2, 0.25) is 0 Å². The smallest absolute Gasteiger partial charge is 0.248 e. The van der Waals surface area contributed by atoms with Crippen molar-refractivity contribution in [3.05, 3.63) is 63.7 Å². The molecule has 1 amide bonds. The van der Waals surface area contributed by atoms with Gasteiger partial charge in [0, 0.05) is 23.7 Å². The average Bonchev–Trinajstić information content (AvgIpc) is 3.43. The van der Waals surface area contributed by atoms with Crippen LogP contribution in [-0.2, 0) is 14.8 Å². The van der Waals surface area contributed by atoms with E-state index < -0.39 is 15.9 Å². The fraction of sp³-hybridized carbons (Fsp3) is 0.304. The Labute approximate surface area is 191 Å². The quantitative estimate of drug-likeness (QED) is 0.569. The molecule has 3 aromatic rings. The van der Waals surface area contributed by atoms with Crippen LogP contribution < -0.4 is 5.32 Å². The van der Waals surface area contributed by atoms with Crippen LogP contribution in [0.4, 0.5) is 5.69 Å². The van der Waals surface area contributed by atoms with E-state index in [1.54, 1.807) is 30.4 Å². The first kappa shape index (κ1) is 22.4. The Morgan fingerprint density at radius 2 is 2.03 bits per heavy atom. The van der Waals surface area contributed by atoms with E-state index in [0.29, 0.717) is 25.1 Å². The van der Waals surface area contributed by atoms with Gasteiger partial charge < -0.3 is 9.84 Å². The zero-order valence-corrected chi connectivity index (χ0v) is 19.6. The SMILES string of the molecule is Cc1ccccc1NC(=O)C1CCCN(S(=O)(=O)c2c(C)noc2C=Cc2cccs2)C1. The minimum absolute atomic E-state index is 0.0604. The standard InChI is InChI=1S/C23H25N3O4S2/c1-16-7-3-4-10-20(16)24-23(27)18-8-5-13-26(15-18)32(28,29)22-17(2)25-30-21(22)12-11-19-9-6-14-31-19/h3-4,6-7,9-12,14,18H,5,8,13,15H2,1-2H3,(H,24,27). The molecule has 7 nitrogen and oxygen atoms in total. The molecule has 32 heavy (non-hydrogen) atoms. The maximum atomic E-state index is 13.5. The Kier molecular flexibility index (Phi) is 6.59. The number of carbonyl (C=O) groups excluding carboxylic acids is 1. The molecule has 1 fully saturated rings. The van der Waals surface area contributed by atoms with Crippen molar-refractivity contribution in [1.82, 2.24) is 9.46 Å². The van der Waals surface area contributed by atoms with Crippen molar-refractivity contribution in [3.8, 4) is 0 Å². The number of para-hydroxylation sites is 1. The molecule has 4 rings (SSSR count). The van der Waals surface area contributed by atoms with Crippen molar-refractivity contribution in [1.29, 1.82) is 0 Å². The highest BCUT2D eigenvalue weighted by Gasteiger charge is 2.37. The Morgan fingerprint density at radius 1 is 1.22 bits per heavy atom. The Bertz CT molecular complexity index is 1230. The van der Waals surface area contributed by atoms with Gasteiger partial charge in [-0.25, -0.2) is 8.42 Å². The normalized spacial score (nSPS) is 17.6. The van der Waals surface area contributed by atoms with Crippen molar-refractivity contribution < 1.29 is 17.7 Å². The van der Waals surface area contributed by atoms with Crippen molar-refractivity contribution >= 4 is 45.1 Å². The minimum atomic E-state index is -3.87. The van der Waals surface area contributed by atoms with Crippen molar-refractivity contribution in [2.24, 2.45) is 5.92 Å². The van der Waals surface area contributed by atoms with Crippen molar-refractivity contribution in [3.63, 3.8) is 0 Å². The van der Waals surface area contributed by atoms with E-state index in [4.69, 9.17) is 4.52 Å². The van der Waals surface area contributed by atoms with Gasteiger partial charge >= 0.3 is 0 Å². The van der Waals surface area contributed by atoms with Gasteiger partial charge in [-0.05, 0) is 61.9 Å². The first-order chi connectivity index (χ1) is 15.4. The highest BCUT2D eigenvalue weighted by Crippen LogP contribution is 2.30. The summed E-state index contributed by atoms with van der Waals surface area (Å²) in [6.45, 7) is 4.02. The number of hydrogen-bond donors (Lipinski definition) is 1. The molecule has 3 heterocycles. The van der Waals surface area contributed by atoms with E-state index in [9.17, 15) is 13.2 Å². The van der Waals surface area contributed by atoms with Gasteiger partial charge in [-0.15, -0.1) is 11.3 Å². The number of rotatable bonds is 6. The van der Waals surface area contributed by atoms with Crippen LogP contribution in [0.3, 0.4) is 0 Å². The summed E-state index contributed by atoms with van der Waals surface area (Å²) < 4.78 is 33.7. The number of nitrogens with one attached hydrogen (secondary N) is 1. The molecule has 0 radical (unpaired) electrons. The molecule has 1 saturated heterocycles. The second-order valence-electron chi connectivity index (χ2n) is 7.82. The highest BCUT2D eigenvalue weighted by atomic mass is 32.2. The van der Waals surface area contributed by atoms with Gasteiger partial charge in [0.1, 0.15) is 5.69 Å². The lowest BCUT2D eigenvalue weighted by Gasteiger charge is -2.31. The molecule has 9 heteroatoms. The van der Waals surface area contributed by atoms with Crippen LogP contribution in [0.1, 0.15) is 34.7 Å². The second-order valence-corrected chi connectivity index (χ2v) is 10.7. The number of nitrogens with zero attached hydrogens (tertiary/aromatic N) is 2. The van der Waals surface area contributed by atoms with E-state index >= 15 is 0 Å². The first-order valence-electron chi connectivity index (χ1n) is 10.4. The summed E-state index contributed by atoms with van der Waals surface area (Å²) in [5.41, 5.74) is 2.01. The summed E-state index contributed by atoms with van der Waals surface area (Å²) in [4.78, 5) is 13.9. The number of amides is 1. The number of carbonyl (C=O) groups is 1. The number of aromatic nitrogens is 1. The molecule has 1 unspecified atom stereocenters. The van der Waals surface area contributed by atoms with Crippen LogP contribution in [0.5, 0.6) is 0 Å². The molecule has 0 spiro atoms. The molecule has 1 aromatic carbocycles. The molecule has 168 valence electrons. The zero-order chi connectivity index (χ0) is 22.7. The molecule has 2 aromatic heterocycles. The third-order valence-corrected chi connectivity index (χ3v) is 8.39. The van der Waals surface area contributed by atoms with E-state index in [-0.39, 0.29) is 23.1 Å². The van der Waals surface area contributed by atoms with Gasteiger partial charge in [0.2, 0.25) is 15.9 Å². The monoisotopic (exact) mass is 471 g/mol. The molecule has 0 aliphatic carbocycles. The summed E-state index contributed by atoms with van der Waals surface area (Å²) >= 11 is 1.54. The molecule has 1 aliphatic heterocycles. The molecule has 1 N–H and O–H groups in total. The molecular formula is C23H25N3O4S2. The predicted molar refractivity (Wildman–Crippen MR) is 126 cm³/mol. The lowest BCUT2D eigenvalue weighted by atomic mass is 9.98. The largest absolute Gasteiger partial charge is 0.355 e. The lowest BCUT2D eigenvalue weighted by molar-refractivity contribution is -0.120. The van der Waals surface area contributed by atoms with Crippen LogP contribution in [0.15, 0.2) is 51.2 Å². The zero-order valence-electron chi connectivity index (χ0n) is 17.9. The number of benzene rings is 1. The number of piperidine rings is 1. The van der Waals surface area contributed by atoms with Crippen molar-refractivity contribution in [2.75, 3.05) is 18.4 Å². The second kappa shape index (κ2) is 9.40. The van der Waals surface area contributed by atoms with Gasteiger partial charge in [0.05, 0.1) is 5.92 Å². The third kappa shape index (κ3) is 4.69. The maximum absolute atomic E-state index is 13.5. The van der Waals surface area contributed by atoms with Crippen molar-refractivity contribution in [2.45, 2.75) is 31.6 Å². The topological polar surface area (TPSA) is 92.5 Å². The summed E-state index contributed by atoms with van der Waals surface area (Å²) in [5, 5.41) is 8.78. The molecule has 0 bridgehead atoms. The minimum Gasteiger partial charge on any atom is -0.355 e. The van der Waals surface area contributed by atoms with Gasteiger partial charge in [0.25, 0.3) is 0 Å². The lowest BCUT2D eigenvalue weighted by Crippen LogP contribution is -2.44. The summed E-state index contributed by atoms with van der Waals surface area (Å²) in [5.74, 6) is -0.398. The molecule has 1 atom stereocenters. The van der Waals surface area contributed by atoms with E-state index in [1.165, 1.54) is 4.31 Å². The van der Waals surface area contributed by atoms with E-state index in [2.05, 4.69) is 10.5 Å². The molecule has 1 aliphatic rings. The fourth-order valence-corrected chi connectivity index (χ4v) is 6.19. The first-order valence-corrected chi connectivity index (χ1v) is 12.7. The number of sulfonamides is 1. The van der Waals surface area contributed by atoms with Gasteiger partial charge in [0.15, 0.2) is 10.7 Å². The summed E-state index contributed by atoms with van der Waals surface area (Å²) in [7, 11) is -3.87. The molecule has 0 saturated carbocycles. The number of hydrogen-bond acceptors (Lipinski definition) is 6. The maximum Gasteiger partial charge on any atom is 0.248 e. The summed E-state index contributed by atoms with van der Waals surface area (Å²) in [6, 6.07) is 11.4. The van der Waals surface area contributed by atoms with Crippen LogP contribution >= 0.6 is 11.3 Å². The van der Waals surface area contributed by atoms with E-state index in [0.717, 1.165) is 16.1 Å². The number of anilines is 1. The Hall–Kier alpha value is -2.75. The van der Waals surface area contributed by atoms with Gasteiger partial charge in [-0.3, -0.25) is 4.79 Å². The van der Waals surface area contributed by atoms with Crippen LogP contribution in [0, 0.1) is 19.8 Å². The predicted octanol–water partition coefficient (Wildman–Crippen LogP) is 4.56. The molecular weight excluding hydrogens is 446 g/mol. The fourth-order valence-electron chi connectivity index (χ4n) is 3.79. The number of thiophene rings is 1. The van der Waals surface area contributed by atoms with Crippen LogP contribution in [0.25, 0.3) is 12.2 Å². The summed E-state index contributed by atoms with van der Waals surface area (Å²) in [6.07, 6.45) is 4.68. The van der Waals surface area contributed by atoms with Gasteiger partial charge in [-0.2, -0.15) is 4.31 Å². The average molecular weight is 472 g/mol. The number of aryl methyl sites for hydroxylation is 2. The Balaban J connectivity index is 1.54. The highest BCUT2D eigenvalue weighted by molar-refractivity contribution is 7.89.